The molecule has 4 rings (SSSR count). The summed E-state index contributed by atoms with van der Waals surface area (Å²) < 4.78 is 33.3. The van der Waals surface area contributed by atoms with Crippen LogP contribution in [0.1, 0.15) is 23.7 Å². The molecule has 1 aromatic rings. The second-order valence-electron chi connectivity index (χ2n) is 4.45. The average molecular weight is 266 g/mol. The first-order chi connectivity index (χ1) is 9.43. The van der Waals surface area contributed by atoms with E-state index in [4.69, 9.17) is 28.4 Å². The molecule has 0 aromatic heterocycles. The molecule has 3 heterocycles. The third-order valence-electron chi connectivity index (χ3n) is 3.34. The van der Waals surface area contributed by atoms with Crippen LogP contribution in [-0.2, 0) is 18.9 Å². The highest BCUT2D eigenvalue weighted by Gasteiger charge is 2.34. The number of ether oxygens (including phenoxy) is 6. The molecule has 6 heteroatoms. The molecule has 0 aliphatic carbocycles. The van der Waals surface area contributed by atoms with E-state index in [1.165, 1.54) is 0 Å². The molecular weight excluding hydrogens is 252 g/mol. The third kappa shape index (κ3) is 1.88. The van der Waals surface area contributed by atoms with Crippen LogP contribution in [0.15, 0.2) is 12.1 Å². The SMILES string of the molecule is c1cc(C2OCCO2)c(C2OCCO2)c2c1OCO2. The Balaban J connectivity index is 1.80. The molecule has 0 atom stereocenters. The van der Waals surface area contributed by atoms with Gasteiger partial charge in [0, 0.05) is 5.56 Å². The largest absolute Gasteiger partial charge is 0.454 e. The van der Waals surface area contributed by atoms with Crippen molar-refractivity contribution >= 4 is 0 Å². The van der Waals surface area contributed by atoms with E-state index < -0.39 is 12.6 Å². The highest BCUT2D eigenvalue weighted by molar-refractivity contribution is 5.53. The molecule has 3 aliphatic heterocycles. The summed E-state index contributed by atoms with van der Waals surface area (Å²) in [6.45, 7) is 2.53. The molecule has 0 radical (unpaired) electrons. The molecule has 0 bridgehead atoms. The second kappa shape index (κ2) is 4.64. The Morgan fingerprint density at radius 2 is 1.47 bits per heavy atom. The van der Waals surface area contributed by atoms with Gasteiger partial charge in [0.2, 0.25) is 6.79 Å². The van der Waals surface area contributed by atoms with Crippen LogP contribution in [-0.4, -0.2) is 33.2 Å². The van der Waals surface area contributed by atoms with Gasteiger partial charge >= 0.3 is 0 Å². The predicted octanol–water partition coefficient (Wildman–Crippen LogP) is 1.51. The molecule has 6 nitrogen and oxygen atoms in total. The minimum Gasteiger partial charge on any atom is -0.454 e. The lowest BCUT2D eigenvalue weighted by molar-refractivity contribution is -0.0647. The molecule has 2 saturated heterocycles. The van der Waals surface area contributed by atoms with Gasteiger partial charge in [0.15, 0.2) is 24.1 Å². The van der Waals surface area contributed by atoms with Crippen molar-refractivity contribution in [3.05, 3.63) is 23.3 Å². The van der Waals surface area contributed by atoms with Gasteiger partial charge in [0.1, 0.15) is 0 Å². The van der Waals surface area contributed by atoms with Gasteiger partial charge in [-0.2, -0.15) is 0 Å². The topological polar surface area (TPSA) is 55.4 Å². The summed E-state index contributed by atoms with van der Waals surface area (Å²) in [5.74, 6) is 1.37. The number of benzene rings is 1. The molecule has 0 N–H and O–H groups in total. The van der Waals surface area contributed by atoms with Crippen molar-refractivity contribution in [1.29, 1.82) is 0 Å². The Bertz CT molecular complexity index is 476. The van der Waals surface area contributed by atoms with Crippen LogP contribution < -0.4 is 9.47 Å². The Labute approximate surface area is 110 Å². The first-order valence-electron chi connectivity index (χ1n) is 6.32. The first kappa shape index (κ1) is 11.5. The summed E-state index contributed by atoms with van der Waals surface area (Å²) in [7, 11) is 0. The molecule has 102 valence electrons. The lowest BCUT2D eigenvalue weighted by Gasteiger charge is -2.19. The van der Waals surface area contributed by atoms with E-state index in [1.807, 2.05) is 12.1 Å². The lowest BCUT2D eigenvalue weighted by Crippen LogP contribution is -2.09. The quantitative estimate of drug-likeness (QED) is 0.808. The Hall–Kier alpha value is -1.34. The van der Waals surface area contributed by atoms with Crippen LogP contribution in [0.3, 0.4) is 0 Å². The molecule has 3 aliphatic rings. The van der Waals surface area contributed by atoms with E-state index in [1.54, 1.807) is 0 Å². The number of hydrogen-bond donors (Lipinski definition) is 0. The van der Waals surface area contributed by atoms with Crippen LogP contribution in [0, 0.1) is 0 Å². The van der Waals surface area contributed by atoms with Crippen molar-refractivity contribution in [2.45, 2.75) is 12.6 Å². The third-order valence-corrected chi connectivity index (χ3v) is 3.34. The van der Waals surface area contributed by atoms with E-state index >= 15 is 0 Å². The van der Waals surface area contributed by atoms with E-state index in [0.29, 0.717) is 37.9 Å². The second-order valence-corrected chi connectivity index (χ2v) is 4.45. The number of hydrogen-bond acceptors (Lipinski definition) is 6. The number of rotatable bonds is 2. The van der Waals surface area contributed by atoms with Crippen molar-refractivity contribution in [3.8, 4) is 11.5 Å². The minimum absolute atomic E-state index is 0.213. The first-order valence-corrected chi connectivity index (χ1v) is 6.32. The van der Waals surface area contributed by atoms with E-state index in [2.05, 4.69) is 0 Å². The van der Waals surface area contributed by atoms with Gasteiger partial charge in [-0.05, 0) is 12.1 Å². The van der Waals surface area contributed by atoms with Crippen LogP contribution >= 0.6 is 0 Å². The fraction of sp³-hybridized carbons (Fsp3) is 0.538. The molecule has 0 saturated carbocycles. The van der Waals surface area contributed by atoms with Crippen LogP contribution in [0.4, 0.5) is 0 Å². The average Bonchev–Trinajstić information content (AvgIpc) is 3.18. The maximum Gasteiger partial charge on any atom is 0.231 e. The van der Waals surface area contributed by atoms with Crippen molar-refractivity contribution in [3.63, 3.8) is 0 Å². The Morgan fingerprint density at radius 3 is 2.21 bits per heavy atom. The van der Waals surface area contributed by atoms with Crippen molar-refractivity contribution in [2.24, 2.45) is 0 Å². The van der Waals surface area contributed by atoms with Crippen LogP contribution in [0.25, 0.3) is 0 Å². The molecule has 1 aromatic carbocycles. The Kier molecular flexibility index (Phi) is 2.81. The van der Waals surface area contributed by atoms with Gasteiger partial charge in [0.05, 0.1) is 32.0 Å². The monoisotopic (exact) mass is 266 g/mol. The summed E-state index contributed by atoms with van der Waals surface area (Å²) in [6.07, 6.45) is -0.836. The zero-order valence-electron chi connectivity index (χ0n) is 10.3. The summed E-state index contributed by atoms with van der Waals surface area (Å²) in [6, 6.07) is 3.78. The standard InChI is InChI=1S/C13H14O6/c1-2-9-11(19-7-18-9)10(13-16-5-6-17-13)8(1)12-14-3-4-15-12/h1-2,12-13H,3-7H2. The summed E-state index contributed by atoms with van der Waals surface area (Å²) >= 11 is 0. The van der Waals surface area contributed by atoms with Gasteiger partial charge in [-0.25, -0.2) is 0 Å². The van der Waals surface area contributed by atoms with Crippen molar-refractivity contribution in [1.82, 2.24) is 0 Å². The highest BCUT2D eigenvalue weighted by Crippen LogP contribution is 2.45. The normalized spacial score (nSPS) is 23.4. The molecule has 0 spiro atoms. The lowest BCUT2D eigenvalue weighted by atomic mass is 10.0. The van der Waals surface area contributed by atoms with Crippen molar-refractivity contribution < 1.29 is 28.4 Å². The van der Waals surface area contributed by atoms with Crippen LogP contribution in [0.5, 0.6) is 11.5 Å². The predicted molar refractivity (Wildman–Crippen MR) is 61.9 cm³/mol. The fourth-order valence-corrected chi connectivity index (χ4v) is 2.52. The summed E-state index contributed by atoms with van der Waals surface area (Å²) in [4.78, 5) is 0. The fourth-order valence-electron chi connectivity index (χ4n) is 2.52. The van der Waals surface area contributed by atoms with Gasteiger partial charge in [-0.3, -0.25) is 0 Å². The Morgan fingerprint density at radius 1 is 0.789 bits per heavy atom. The zero-order chi connectivity index (χ0) is 12.7. The highest BCUT2D eigenvalue weighted by atomic mass is 16.7. The maximum atomic E-state index is 5.60. The van der Waals surface area contributed by atoms with Gasteiger partial charge in [-0.15, -0.1) is 0 Å². The van der Waals surface area contributed by atoms with Gasteiger partial charge < -0.3 is 28.4 Å². The molecule has 0 unspecified atom stereocenters. The molecule has 19 heavy (non-hydrogen) atoms. The maximum absolute atomic E-state index is 5.60. The zero-order valence-corrected chi connectivity index (χ0v) is 10.3. The van der Waals surface area contributed by atoms with Crippen LogP contribution in [0.2, 0.25) is 0 Å². The number of fused-ring (bicyclic) bond motifs is 1. The molecular formula is C13H14O6. The summed E-state index contributed by atoms with van der Waals surface area (Å²) in [5, 5.41) is 0. The van der Waals surface area contributed by atoms with E-state index in [-0.39, 0.29) is 6.79 Å². The smallest absolute Gasteiger partial charge is 0.231 e. The molecule has 2 fully saturated rings. The summed E-state index contributed by atoms with van der Waals surface area (Å²) in [5.41, 5.74) is 1.70. The van der Waals surface area contributed by atoms with Gasteiger partial charge in [0.25, 0.3) is 0 Å². The van der Waals surface area contributed by atoms with E-state index in [9.17, 15) is 0 Å². The van der Waals surface area contributed by atoms with Gasteiger partial charge in [-0.1, -0.05) is 0 Å². The van der Waals surface area contributed by atoms with E-state index in [0.717, 1.165) is 11.1 Å². The molecule has 0 amide bonds. The van der Waals surface area contributed by atoms with Crippen molar-refractivity contribution in [2.75, 3.05) is 33.2 Å². The minimum atomic E-state index is -0.445.